The maximum atomic E-state index is 13.4. The maximum absolute atomic E-state index is 13.4. The molecule has 0 heterocycles. The van der Waals surface area contributed by atoms with Crippen molar-refractivity contribution < 1.29 is 19.1 Å². The first-order valence-electron chi connectivity index (χ1n) is 10.9. The highest BCUT2D eigenvalue weighted by Gasteiger charge is 2.30. The van der Waals surface area contributed by atoms with Crippen molar-refractivity contribution in [3.63, 3.8) is 0 Å². The van der Waals surface area contributed by atoms with Gasteiger partial charge in [-0.25, -0.2) is 0 Å². The lowest BCUT2D eigenvalue weighted by Gasteiger charge is -2.31. The maximum Gasteiger partial charge on any atom is 0.261 e. The molecule has 0 saturated heterocycles. The Morgan fingerprint density at radius 2 is 1.61 bits per heavy atom. The number of amides is 2. The summed E-state index contributed by atoms with van der Waals surface area (Å²) in [6, 6.07) is 24.0. The average molecular weight is 447 g/mol. The van der Waals surface area contributed by atoms with Crippen LogP contribution >= 0.6 is 0 Å². The highest BCUT2D eigenvalue weighted by molar-refractivity contribution is 5.88. The van der Waals surface area contributed by atoms with E-state index in [0.29, 0.717) is 17.9 Å². The summed E-state index contributed by atoms with van der Waals surface area (Å²) < 4.78 is 11.1. The van der Waals surface area contributed by atoms with Gasteiger partial charge in [0.2, 0.25) is 5.91 Å². The predicted molar refractivity (Wildman–Crippen MR) is 128 cm³/mol. The van der Waals surface area contributed by atoms with Gasteiger partial charge in [0.1, 0.15) is 17.5 Å². The molecule has 0 aliphatic rings. The van der Waals surface area contributed by atoms with Gasteiger partial charge in [0.05, 0.1) is 7.11 Å². The number of aryl methyl sites for hydroxylation is 1. The number of rotatable bonds is 10. The fourth-order valence-electron chi connectivity index (χ4n) is 3.62. The fourth-order valence-corrected chi connectivity index (χ4v) is 3.62. The van der Waals surface area contributed by atoms with Crippen LogP contribution in [-0.2, 0) is 22.6 Å². The van der Waals surface area contributed by atoms with Gasteiger partial charge in [-0.1, -0.05) is 54.6 Å². The van der Waals surface area contributed by atoms with Crippen LogP contribution in [0.5, 0.6) is 11.5 Å². The average Bonchev–Trinajstić information content (AvgIpc) is 2.85. The molecule has 2 amide bonds. The Bertz CT molecular complexity index is 1070. The zero-order valence-electron chi connectivity index (χ0n) is 19.3. The fraction of sp³-hybridized carbons (Fsp3) is 0.259. The van der Waals surface area contributed by atoms with E-state index in [1.807, 2.05) is 85.8 Å². The summed E-state index contributed by atoms with van der Waals surface area (Å²) in [4.78, 5) is 27.9. The molecule has 3 aromatic carbocycles. The Morgan fingerprint density at radius 1 is 0.909 bits per heavy atom. The van der Waals surface area contributed by atoms with Crippen LogP contribution in [0.1, 0.15) is 16.7 Å². The van der Waals surface area contributed by atoms with Crippen LogP contribution in [0.15, 0.2) is 78.9 Å². The van der Waals surface area contributed by atoms with Crippen molar-refractivity contribution in [2.45, 2.75) is 25.9 Å². The molecule has 1 N–H and O–H groups in total. The number of ether oxygens (including phenoxy) is 2. The van der Waals surface area contributed by atoms with Gasteiger partial charge in [0.25, 0.3) is 5.91 Å². The lowest BCUT2D eigenvalue weighted by Crippen LogP contribution is -2.51. The zero-order chi connectivity index (χ0) is 23.6. The van der Waals surface area contributed by atoms with E-state index < -0.39 is 6.04 Å². The topological polar surface area (TPSA) is 67.9 Å². The largest absolute Gasteiger partial charge is 0.497 e. The molecule has 1 atom stereocenters. The molecule has 0 unspecified atom stereocenters. The van der Waals surface area contributed by atoms with E-state index in [1.165, 1.54) is 0 Å². The molecule has 0 saturated carbocycles. The molecule has 6 heteroatoms. The number of hydrogen-bond acceptors (Lipinski definition) is 4. The standard InChI is InChI=1S/C27H30N2O4/c1-20-9-7-14-24(15-20)33-19-26(30)29(18-22-12-8-13-23(16-22)32-3)25(27(31)28-2)17-21-10-5-4-6-11-21/h4-16,25H,17-19H2,1-3H3,(H,28,31)/t25-/m0/s1. The van der Waals surface area contributed by atoms with Crippen molar-refractivity contribution in [3.05, 3.63) is 95.6 Å². The second-order valence-corrected chi connectivity index (χ2v) is 7.80. The minimum absolute atomic E-state index is 0.171. The Hall–Kier alpha value is -3.80. The molecule has 0 aromatic heterocycles. The normalized spacial score (nSPS) is 11.4. The summed E-state index contributed by atoms with van der Waals surface area (Å²) in [5, 5.41) is 2.71. The van der Waals surface area contributed by atoms with E-state index in [4.69, 9.17) is 9.47 Å². The quantitative estimate of drug-likeness (QED) is 0.515. The number of benzene rings is 3. The molecule has 33 heavy (non-hydrogen) atoms. The third kappa shape index (κ3) is 6.84. The van der Waals surface area contributed by atoms with Crippen LogP contribution < -0.4 is 14.8 Å². The van der Waals surface area contributed by atoms with Crippen molar-refractivity contribution in [1.82, 2.24) is 10.2 Å². The van der Waals surface area contributed by atoms with Crippen LogP contribution in [0.3, 0.4) is 0 Å². The summed E-state index contributed by atoms with van der Waals surface area (Å²) in [5.74, 6) is 0.800. The number of carbonyl (C=O) groups excluding carboxylic acids is 2. The third-order valence-corrected chi connectivity index (χ3v) is 5.36. The van der Waals surface area contributed by atoms with Crippen molar-refractivity contribution in [2.75, 3.05) is 20.8 Å². The first-order valence-corrected chi connectivity index (χ1v) is 10.9. The van der Waals surface area contributed by atoms with Gasteiger partial charge in [-0.3, -0.25) is 9.59 Å². The smallest absolute Gasteiger partial charge is 0.261 e. The van der Waals surface area contributed by atoms with Gasteiger partial charge in [0.15, 0.2) is 6.61 Å². The number of likely N-dealkylation sites (N-methyl/N-ethyl adjacent to an activating group) is 1. The predicted octanol–water partition coefficient (Wildman–Crippen LogP) is 3.77. The van der Waals surface area contributed by atoms with Crippen molar-refractivity contribution in [3.8, 4) is 11.5 Å². The van der Waals surface area contributed by atoms with Crippen molar-refractivity contribution in [1.29, 1.82) is 0 Å². The molecule has 0 aliphatic heterocycles. The first-order chi connectivity index (χ1) is 16.0. The van der Waals surface area contributed by atoms with Gasteiger partial charge in [-0.05, 0) is 47.9 Å². The van der Waals surface area contributed by atoms with Gasteiger partial charge >= 0.3 is 0 Å². The minimum Gasteiger partial charge on any atom is -0.497 e. The van der Waals surface area contributed by atoms with Crippen LogP contribution in [0, 0.1) is 6.92 Å². The first kappa shape index (κ1) is 23.9. The Morgan fingerprint density at radius 3 is 2.30 bits per heavy atom. The zero-order valence-corrected chi connectivity index (χ0v) is 19.3. The van der Waals surface area contributed by atoms with E-state index in [-0.39, 0.29) is 25.0 Å². The van der Waals surface area contributed by atoms with Crippen LogP contribution in [-0.4, -0.2) is 43.5 Å². The monoisotopic (exact) mass is 446 g/mol. The molecular formula is C27H30N2O4. The number of hydrogen-bond donors (Lipinski definition) is 1. The number of carbonyl (C=O) groups is 2. The Kier molecular flexibility index (Phi) is 8.47. The van der Waals surface area contributed by atoms with Gasteiger partial charge in [-0.15, -0.1) is 0 Å². The molecule has 0 fully saturated rings. The van der Waals surface area contributed by atoms with E-state index in [0.717, 1.165) is 16.7 Å². The number of nitrogens with one attached hydrogen (secondary N) is 1. The molecular weight excluding hydrogens is 416 g/mol. The number of methoxy groups -OCH3 is 1. The minimum atomic E-state index is -0.697. The summed E-state index contributed by atoms with van der Waals surface area (Å²) >= 11 is 0. The summed E-state index contributed by atoms with van der Waals surface area (Å²) in [5.41, 5.74) is 2.87. The molecule has 6 nitrogen and oxygen atoms in total. The summed E-state index contributed by atoms with van der Waals surface area (Å²) in [7, 11) is 3.18. The van der Waals surface area contributed by atoms with E-state index >= 15 is 0 Å². The molecule has 0 aliphatic carbocycles. The lowest BCUT2D eigenvalue weighted by atomic mass is 10.0. The third-order valence-electron chi connectivity index (χ3n) is 5.36. The van der Waals surface area contributed by atoms with Crippen LogP contribution in [0.25, 0.3) is 0 Å². The van der Waals surface area contributed by atoms with Crippen molar-refractivity contribution in [2.24, 2.45) is 0 Å². The molecule has 0 bridgehead atoms. The van der Waals surface area contributed by atoms with E-state index in [9.17, 15) is 9.59 Å². The summed E-state index contributed by atoms with van der Waals surface area (Å²) in [6.07, 6.45) is 0.390. The molecule has 3 rings (SSSR count). The van der Waals surface area contributed by atoms with Gasteiger partial charge in [-0.2, -0.15) is 0 Å². The van der Waals surface area contributed by atoms with Gasteiger partial charge < -0.3 is 19.7 Å². The van der Waals surface area contributed by atoms with Crippen LogP contribution in [0.4, 0.5) is 0 Å². The van der Waals surface area contributed by atoms with E-state index in [2.05, 4.69) is 5.32 Å². The summed E-state index contributed by atoms with van der Waals surface area (Å²) in [6.45, 7) is 2.04. The second kappa shape index (κ2) is 11.7. The highest BCUT2D eigenvalue weighted by atomic mass is 16.5. The van der Waals surface area contributed by atoms with Crippen molar-refractivity contribution >= 4 is 11.8 Å². The SMILES string of the molecule is CNC(=O)[C@H](Cc1ccccc1)N(Cc1cccc(OC)c1)C(=O)COc1cccc(C)c1. The molecule has 172 valence electrons. The molecule has 3 aromatic rings. The Balaban J connectivity index is 1.88. The molecule has 0 radical (unpaired) electrons. The lowest BCUT2D eigenvalue weighted by molar-refractivity contribution is -0.142. The second-order valence-electron chi connectivity index (χ2n) is 7.80. The Labute approximate surface area is 195 Å². The van der Waals surface area contributed by atoms with E-state index in [1.54, 1.807) is 19.1 Å². The molecule has 0 spiro atoms. The highest BCUT2D eigenvalue weighted by Crippen LogP contribution is 2.19. The van der Waals surface area contributed by atoms with Gasteiger partial charge in [0, 0.05) is 20.0 Å². The van der Waals surface area contributed by atoms with Crippen LogP contribution in [0.2, 0.25) is 0 Å². The number of nitrogens with zero attached hydrogens (tertiary/aromatic N) is 1.